The maximum Gasteiger partial charge on any atom is 0.143 e. The van der Waals surface area contributed by atoms with Crippen molar-refractivity contribution in [3.8, 4) is 0 Å². The van der Waals surface area contributed by atoms with Crippen molar-refractivity contribution in [2.24, 2.45) is 5.73 Å². The lowest BCUT2D eigenvalue weighted by Gasteiger charge is -2.10. The third-order valence-electron chi connectivity index (χ3n) is 2.66. The standard InChI is InChI=1S/C13H16BrF2NO/c1-2-3-8(17)6-9(18)7-10-12(15)5-4-11(14)13(10)16/h4-5,8H,2-3,6-7,17H2,1H3. The monoisotopic (exact) mass is 319 g/mol. The van der Waals surface area contributed by atoms with Gasteiger partial charge in [-0.25, -0.2) is 8.78 Å². The van der Waals surface area contributed by atoms with Gasteiger partial charge in [0.25, 0.3) is 0 Å². The molecule has 0 heterocycles. The van der Waals surface area contributed by atoms with E-state index >= 15 is 0 Å². The Morgan fingerprint density at radius 1 is 1.44 bits per heavy atom. The van der Waals surface area contributed by atoms with Gasteiger partial charge >= 0.3 is 0 Å². The second-order valence-electron chi connectivity index (χ2n) is 4.29. The van der Waals surface area contributed by atoms with E-state index in [-0.39, 0.29) is 34.7 Å². The van der Waals surface area contributed by atoms with E-state index in [1.807, 2.05) is 6.92 Å². The fourth-order valence-electron chi connectivity index (χ4n) is 1.77. The number of hydrogen-bond acceptors (Lipinski definition) is 2. The van der Waals surface area contributed by atoms with Gasteiger partial charge in [0.2, 0.25) is 0 Å². The first kappa shape index (κ1) is 15.2. The number of ketones is 1. The van der Waals surface area contributed by atoms with Gasteiger partial charge < -0.3 is 5.73 Å². The Bertz CT molecular complexity index is 437. The molecular weight excluding hydrogens is 304 g/mol. The molecule has 0 spiro atoms. The van der Waals surface area contributed by atoms with Gasteiger partial charge in [-0.15, -0.1) is 0 Å². The highest BCUT2D eigenvalue weighted by Crippen LogP contribution is 2.22. The topological polar surface area (TPSA) is 43.1 Å². The summed E-state index contributed by atoms with van der Waals surface area (Å²) in [6, 6.07) is 2.18. The first-order valence-electron chi connectivity index (χ1n) is 5.85. The van der Waals surface area contributed by atoms with Crippen molar-refractivity contribution in [3.05, 3.63) is 33.8 Å². The molecule has 0 aromatic heterocycles. The summed E-state index contributed by atoms with van der Waals surface area (Å²) in [5, 5.41) is 0. The maximum atomic E-state index is 13.6. The van der Waals surface area contributed by atoms with Gasteiger partial charge in [0.05, 0.1) is 4.47 Å². The number of carbonyl (C=O) groups is 1. The van der Waals surface area contributed by atoms with E-state index in [1.54, 1.807) is 0 Å². The molecule has 1 rings (SSSR count). The number of rotatable bonds is 6. The molecule has 18 heavy (non-hydrogen) atoms. The summed E-state index contributed by atoms with van der Waals surface area (Å²) < 4.78 is 27.2. The summed E-state index contributed by atoms with van der Waals surface area (Å²) in [7, 11) is 0. The zero-order chi connectivity index (χ0) is 13.7. The number of halogens is 3. The summed E-state index contributed by atoms with van der Waals surface area (Å²) >= 11 is 2.97. The molecular formula is C13H16BrF2NO. The molecule has 0 aliphatic carbocycles. The van der Waals surface area contributed by atoms with Gasteiger partial charge in [-0.05, 0) is 34.5 Å². The van der Waals surface area contributed by atoms with Crippen LogP contribution >= 0.6 is 15.9 Å². The van der Waals surface area contributed by atoms with Crippen LogP contribution in [0.15, 0.2) is 16.6 Å². The Kier molecular flexibility index (Phi) is 5.88. The van der Waals surface area contributed by atoms with Crippen LogP contribution in [0, 0.1) is 11.6 Å². The summed E-state index contributed by atoms with van der Waals surface area (Å²) in [5.74, 6) is -1.66. The van der Waals surface area contributed by atoms with Crippen molar-refractivity contribution in [3.63, 3.8) is 0 Å². The Morgan fingerprint density at radius 3 is 2.72 bits per heavy atom. The highest BCUT2D eigenvalue weighted by atomic mass is 79.9. The summed E-state index contributed by atoms with van der Waals surface area (Å²) in [6.45, 7) is 1.97. The van der Waals surface area contributed by atoms with Gasteiger partial charge in [-0.2, -0.15) is 0 Å². The van der Waals surface area contributed by atoms with Crippen LogP contribution in [0.3, 0.4) is 0 Å². The van der Waals surface area contributed by atoms with Gasteiger partial charge in [0, 0.05) is 24.4 Å². The van der Waals surface area contributed by atoms with E-state index < -0.39 is 11.6 Å². The molecule has 1 unspecified atom stereocenters. The second kappa shape index (κ2) is 6.95. The SMILES string of the molecule is CCCC(N)CC(=O)Cc1c(F)ccc(Br)c1F. The van der Waals surface area contributed by atoms with E-state index in [1.165, 1.54) is 6.07 Å². The lowest BCUT2D eigenvalue weighted by molar-refractivity contribution is -0.118. The first-order chi connectivity index (χ1) is 8.45. The largest absolute Gasteiger partial charge is 0.327 e. The molecule has 0 fully saturated rings. The average molecular weight is 320 g/mol. The normalized spacial score (nSPS) is 12.5. The third-order valence-corrected chi connectivity index (χ3v) is 3.27. The smallest absolute Gasteiger partial charge is 0.143 e. The fourth-order valence-corrected chi connectivity index (χ4v) is 2.14. The van der Waals surface area contributed by atoms with E-state index in [4.69, 9.17) is 5.73 Å². The van der Waals surface area contributed by atoms with Gasteiger partial charge in [-0.3, -0.25) is 4.79 Å². The number of hydrogen-bond donors (Lipinski definition) is 1. The average Bonchev–Trinajstić information content (AvgIpc) is 2.30. The van der Waals surface area contributed by atoms with Crippen molar-refractivity contribution in [1.29, 1.82) is 0 Å². The molecule has 0 saturated heterocycles. The molecule has 0 radical (unpaired) electrons. The highest BCUT2D eigenvalue weighted by Gasteiger charge is 2.17. The number of nitrogens with two attached hydrogens (primary N) is 1. The number of benzene rings is 1. The Balaban J connectivity index is 2.73. The summed E-state index contributed by atoms with van der Waals surface area (Å²) in [4.78, 5) is 11.7. The van der Waals surface area contributed by atoms with Crippen LogP contribution in [-0.2, 0) is 11.2 Å². The minimum absolute atomic E-state index is 0.152. The van der Waals surface area contributed by atoms with E-state index in [0.29, 0.717) is 0 Å². The van der Waals surface area contributed by atoms with Crippen molar-refractivity contribution in [2.75, 3.05) is 0 Å². The number of carbonyl (C=O) groups excluding carboxylic acids is 1. The molecule has 0 saturated carbocycles. The van der Waals surface area contributed by atoms with Gasteiger partial charge in [0.1, 0.15) is 17.4 Å². The lowest BCUT2D eigenvalue weighted by Crippen LogP contribution is -2.24. The van der Waals surface area contributed by atoms with Crippen molar-refractivity contribution < 1.29 is 13.6 Å². The second-order valence-corrected chi connectivity index (χ2v) is 5.14. The van der Waals surface area contributed by atoms with Gasteiger partial charge in [0.15, 0.2) is 0 Å². The molecule has 0 bridgehead atoms. The summed E-state index contributed by atoms with van der Waals surface area (Å²) in [5.41, 5.74) is 5.53. The zero-order valence-corrected chi connectivity index (χ0v) is 11.8. The van der Waals surface area contributed by atoms with Crippen LogP contribution in [0.1, 0.15) is 31.7 Å². The minimum atomic E-state index is -0.715. The molecule has 0 aliphatic rings. The lowest BCUT2D eigenvalue weighted by atomic mass is 10.0. The van der Waals surface area contributed by atoms with E-state index in [2.05, 4.69) is 15.9 Å². The third kappa shape index (κ3) is 4.14. The van der Waals surface area contributed by atoms with E-state index in [0.717, 1.165) is 18.9 Å². The predicted molar refractivity (Wildman–Crippen MR) is 70.3 cm³/mol. The molecule has 0 amide bonds. The molecule has 1 aromatic rings. The van der Waals surface area contributed by atoms with E-state index in [9.17, 15) is 13.6 Å². The molecule has 1 aromatic carbocycles. The van der Waals surface area contributed by atoms with Crippen LogP contribution in [0.2, 0.25) is 0 Å². The predicted octanol–water partition coefficient (Wildman–Crippen LogP) is 3.36. The van der Waals surface area contributed by atoms with Crippen LogP contribution in [0.25, 0.3) is 0 Å². The fraction of sp³-hybridized carbons (Fsp3) is 0.462. The van der Waals surface area contributed by atoms with Crippen LogP contribution in [0.5, 0.6) is 0 Å². The van der Waals surface area contributed by atoms with Gasteiger partial charge in [-0.1, -0.05) is 13.3 Å². The molecule has 2 nitrogen and oxygen atoms in total. The van der Waals surface area contributed by atoms with Crippen LogP contribution in [0.4, 0.5) is 8.78 Å². The van der Waals surface area contributed by atoms with Crippen LogP contribution < -0.4 is 5.73 Å². The zero-order valence-electron chi connectivity index (χ0n) is 10.2. The molecule has 2 N–H and O–H groups in total. The minimum Gasteiger partial charge on any atom is -0.327 e. The quantitative estimate of drug-likeness (QED) is 0.817. The van der Waals surface area contributed by atoms with Crippen molar-refractivity contribution in [1.82, 2.24) is 0 Å². The molecule has 100 valence electrons. The van der Waals surface area contributed by atoms with Crippen LogP contribution in [-0.4, -0.2) is 11.8 Å². The first-order valence-corrected chi connectivity index (χ1v) is 6.64. The Labute approximate surface area is 114 Å². The Morgan fingerprint density at radius 2 is 2.11 bits per heavy atom. The Hall–Kier alpha value is -0.810. The number of Topliss-reactive ketones (excluding diaryl/α,β-unsaturated/α-hetero) is 1. The maximum absolute atomic E-state index is 13.6. The van der Waals surface area contributed by atoms with Crippen molar-refractivity contribution >= 4 is 21.7 Å². The molecule has 1 atom stereocenters. The molecule has 5 heteroatoms. The molecule has 0 aliphatic heterocycles. The van der Waals surface area contributed by atoms with Crippen molar-refractivity contribution in [2.45, 2.75) is 38.6 Å². The highest BCUT2D eigenvalue weighted by molar-refractivity contribution is 9.10. The summed E-state index contributed by atoms with van der Waals surface area (Å²) in [6.07, 6.45) is 1.51.